The number of hydrogen-bond acceptors (Lipinski definition) is 4. The predicted molar refractivity (Wildman–Crippen MR) is 100.0 cm³/mol. The van der Waals surface area contributed by atoms with Crippen LogP contribution >= 0.6 is 11.6 Å². The molecule has 2 heterocycles. The van der Waals surface area contributed by atoms with Crippen LogP contribution in [-0.2, 0) is 5.41 Å². The Bertz CT molecular complexity index is 831. The van der Waals surface area contributed by atoms with E-state index in [4.69, 9.17) is 11.6 Å². The minimum Gasteiger partial charge on any atom is -0.335 e. The third kappa shape index (κ3) is 2.68. The molecule has 5 nitrogen and oxygen atoms in total. The summed E-state index contributed by atoms with van der Waals surface area (Å²) in [5.74, 6) is 0. The predicted octanol–water partition coefficient (Wildman–Crippen LogP) is 4.36. The number of piperidine rings is 1. The molecule has 130 valence electrons. The summed E-state index contributed by atoms with van der Waals surface area (Å²) >= 11 is 6.00. The van der Waals surface area contributed by atoms with Crippen LogP contribution in [0.2, 0.25) is 5.02 Å². The van der Waals surface area contributed by atoms with Crippen molar-refractivity contribution in [1.29, 1.82) is 0 Å². The number of rotatable bonds is 2. The van der Waals surface area contributed by atoms with Crippen molar-refractivity contribution >= 4 is 28.7 Å². The van der Waals surface area contributed by atoms with E-state index in [0.717, 1.165) is 38.2 Å². The molecule has 0 amide bonds. The highest BCUT2D eigenvalue weighted by Crippen LogP contribution is 2.51. The molecule has 0 aliphatic carbocycles. The summed E-state index contributed by atoms with van der Waals surface area (Å²) in [6.07, 6.45) is 2.14. The van der Waals surface area contributed by atoms with Gasteiger partial charge in [-0.05, 0) is 56.7 Å². The number of likely N-dealkylation sites (tertiary alicyclic amines) is 1. The van der Waals surface area contributed by atoms with Gasteiger partial charge < -0.3 is 9.80 Å². The van der Waals surface area contributed by atoms with Gasteiger partial charge >= 0.3 is 0 Å². The average molecular weight is 358 g/mol. The number of fused-ring (bicyclic) bond motifs is 2. The molecule has 0 aromatic heterocycles. The molecule has 0 N–H and O–H groups in total. The van der Waals surface area contributed by atoms with Crippen LogP contribution in [0.25, 0.3) is 0 Å². The van der Waals surface area contributed by atoms with E-state index in [9.17, 15) is 10.1 Å². The fourth-order valence-electron chi connectivity index (χ4n) is 4.19. The lowest BCUT2D eigenvalue weighted by atomic mass is 9.74. The van der Waals surface area contributed by atoms with Crippen LogP contribution in [0.5, 0.6) is 0 Å². The molecule has 0 atom stereocenters. The summed E-state index contributed by atoms with van der Waals surface area (Å²) in [7, 11) is 2.15. The molecule has 0 radical (unpaired) electrons. The van der Waals surface area contributed by atoms with Gasteiger partial charge in [0.1, 0.15) is 5.69 Å². The molecular formula is C19H20ClN3O2. The first kappa shape index (κ1) is 16.4. The van der Waals surface area contributed by atoms with Gasteiger partial charge in [-0.1, -0.05) is 29.8 Å². The van der Waals surface area contributed by atoms with E-state index >= 15 is 0 Å². The van der Waals surface area contributed by atoms with Crippen molar-refractivity contribution in [2.45, 2.75) is 18.3 Å². The van der Waals surface area contributed by atoms with Crippen molar-refractivity contribution in [2.75, 3.05) is 31.6 Å². The standard InChI is InChI=1S/C19H20ClN3O2/c1-21-10-8-19(9-11-21)13-22(16-5-3-2-4-15(16)19)17-7-6-14(20)12-18(17)23(24)25/h2-7,12H,8-11,13H2,1H3. The smallest absolute Gasteiger partial charge is 0.294 e. The van der Waals surface area contributed by atoms with Gasteiger partial charge in [-0.25, -0.2) is 0 Å². The van der Waals surface area contributed by atoms with Crippen LogP contribution in [0, 0.1) is 10.1 Å². The number of halogens is 1. The maximum atomic E-state index is 11.6. The first-order valence-corrected chi connectivity index (χ1v) is 8.87. The van der Waals surface area contributed by atoms with Gasteiger partial charge in [-0.2, -0.15) is 0 Å². The number of benzene rings is 2. The van der Waals surface area contributed by atoms with E-state index in [-0.39, 0.29) is 16.0 Å². The largest absolute Gasteiger partial charge is 0.335 e. The lowest BCUT2D eigenvalue weighted by molar-refractivity contribution is -0.384. The Morgan fingerprint density at radius 1 is 1.12 bits per heavy atom. The van der Waals surface area contributed by atoms with Crippen molar-refractivity contribution in [3.8, 4) is 0 Å². The van der Waals surface area contributed by atoms with Crippen molar-refractivity contribution in [2.24, 2.45) is 0 Å². The zero-order valence-corrected chi connectivity index (χ0v) is 14.9. The molecule has 2 aliphatic heterocycles. The molecular weight excluding hydrogens is 338 g/mol. The summed E-state index contributed by atoms with van der Waals surface area (Å²) in [6, 6.07) is 13.3. The second-order valence-electron chi connectivity index (χ2n) is 7.08. The molecule has 2 aliphatic rings. The number of anilines is 2. The second kappa shape index (κ2) is 6.00. The molecule has 6 heteroatoms. The van der Waals surface area contributed by atoms with Gasteiger partial charge in [-0.15, -0.1) is 0 Å². The van der Waals surface area contributed by atoms with E-state index in [1.165, 1.54) is 11.6 Å². The van der Waals surface area contributed by atoms with Gasteiger partial charge in [0.25, 0.3) is 5.69 Å². The summed E-state index contributed by atoms with van der Waals surface area (Å²) < 4.78 is 0. The van der Waals surface area contributed by atoms with Crippen LogP contribution in [0.15, 0.2) is 42.5 Å². The fraction of sp³-hybridized carbons (Fsp3) is 0.368. The Balaban J connectivity index is 1.82. The van der Waals surface area contributed by atoms with E-state index in [1.807, 2.05) is 6.07 Å². The van der Waals surface area contributed by atoms with Crippen molar-refractivity contribution in [1.82, 2.24) is 4.90 Å². The summed E-state index contributed by atoms with van der Waals surface area (Å²) in [6.45, 7) is 2.87. The minimum atomic E-state index is -0.344. The third-order valence-electron chi connectivity index (χ3n) is 5.60. The second-order valence-corrected chi connectivity index (χ2v) is 7.51. The van der Waals surface area contributed by atoms with Crippen LogP contribution in [0.4, 0.5) is 17.1 Å². The molecule has 25 heavy (non-hydrogen) atoms. The molecule has 2 aromatic carbocycles. The average Bonchev–Trinajstić information content (AvgIpc) is 2.92. The Morgan fingerprint density at radius 2 is 1.84 bits per heavy atom. The van der Waals surface area contributed by atoms with Crippen LogP contribution < -0.4 is 4.90 Å². The van der Waals surface area contributed by atoms with Crippen LogP contribution in [-0.4, -0.2) is 36.5 Å². The van der Waals surface area contributed by atoms with E-state index < -0.39 is 0 Å². The van der Waals surface area contributed by atoms with E-state index in [1.54, 1.807) is 12.1 Å². The van der Waals surface area contributed by atoms with E-state index in [2.05, 4.69) is 35.0 Å². The molecule has 0 unspecified atom stereocenters. The fourth-order valence-corrected chi connectivity index (χ4v) is 4.36. The Hall–Kier alpha value is -2.11. The number of hydrogen-bond donors (Lipinski definition) is 0. The third-order valence-corrected chi connectivity index (χ3v) is 5.83. The van der Waals surface area contributed by atoms with Crippen molar-refractivity contribution < 1.29 is 4.92 Å². The molecule has 0 bridgehead atoms. The maximum absolute atomic E-state index is 11.6. The van der Waals surface area contributed by atoms with Gasteiger partial charge in [-0.3, -0.25) is 10.1 Å². The highest BCUT2D eigenvalue weighted by atomic mass is 35.5. The number of nitro benzene ring substituents is 1. The molecule has 4 rings (SSSR count). The lowest BCUT2D eigenvalue weighted by Gasteiger charge is -2.38. The summed E-state index contributed by atoms with van der Waals surface area (Å²) in [4.78, 5) is 15.7. The molecule has 1 fully saturated rings. The highest BCUT2D eigenvalue weighted by Gasteiger charge is 2.45. The monoisotopic (exact) mass is 357 g/mol. The quantitative estimate of drug-likeness (QED) is 0.591. The minimum absolute atomic E-state index is 0.0623. The normalized spacial score (nSPS) is 19.2. The molecule has 1 saturated heterocycles. The number of nitro groups is 1. The zero-order chi connectivity index (χ0) is 17.6. The number of para-hydroxylation sites is 1. The SMILES string of the molecule is CN1CCC2(CC1)CN(c1ccc(Cl)cc1[N+](=O)[O-])c1ccccc12. The van der Waals surface area contributed by atoms with Crippen LogP contribution in [0.1, 0.15) is 18.4 Å². The number of nitrogens with zero attached hydrogens (tertiary/aromatic N) is 3. The lowest BCUT2D eigenvalue weighted by Crippen LogP contribution is -2.43. The zero-order valence-electron chi connectivity index (χ0n) is 14.1. The van der Waals surface area contributed by atoms with Gasteiger partial charge in [0.05, 0.1) is 4.92 Å². The molecule has 2 aromatic rings. The molecule has 0 saturated carbocycles. The maximum Gasteiger partial charge on any atom is 0.294 e. The first-order valence-electron chi connectivity index (χ1n) is 8.50. The Labute approximate surface area is 152 Å². The highest BCUT2D eigenvalue weighted by molar-refractivity contribution is 6.31. The van der Waals surface area contributed by atoms with E-state index in [0.29, 0.717) is 10.7 Å². The molecule has 1 spiro atoms. The van der Waals surface area contributed by atoms with Crippen molar-refractivity contribution in [3.05, 3.63) is 63.2 Å². The van der Waals surface area contributed by atoms with Crippen molar-refractivity contribution in [3.63, 3.8) is 0 Å². The summed E-state index contributed by atoms with van der Waals surface area (Å²) in [5.41, 5.74) is 3.14. The Morgan fingerprint density at radius 3 is 2.56 bits per heavy atom. The van der Waals surface area contributed by atoms with Gasteiger partial charge in [0.2, 0.25) is 0 Å². The summed E-state index contributed by atoms with van der Waals surface area (Å²) in [5, 5.41) is 12.0. The first-order chi connectivity index (χ1) is 12.0. The topological polar surface area (TPSA) is 49.6 Å². The van der Waals surface area contributed by atoms with Crippen LogP contribution in [0.3, 0.4) is 0 Å². The Kier molecular flexibility index (Phi) is 3.93. The van der Waals surface area contributed by atoms with Gasteiger partial charge in [0.15, 0.2) is 0 Å². The van der Waals surface area contributed by atoms with Gasteiger partial charge in [0, 0.05) is 28.7 Å².